The molecule has 0 unspecified atom stereocenters. The minimum Gasteiger partial charge on any atom is -0.306 e. The molecule has 1 fully saturated rings. The van der Waals surface area contributed by atoms with E-state index in [0.29, 0.717) is 5.92 Å². The summed E-state index contributed by atoms with van der Waals surface area (Å²) in [6.45, 7) is 4.22. The minimum absolute atomic E-state index is 0.462. The van der Waals surface area contributed by atoms with Crippen molar-refractivity contribution in [2.24, 2.45) is 0 Å². The van der Waals surface area contributed by atoms with Gasteiger partial charge in [-0.05, 0) is 33.4 Å². The minimum atomic E-state index is 0.462. The second-order valence-corrected chi connectivity index (χ2v) is 5.21. The molecule has 0 amide bonds. The van der Waals surface area contributed by atoms with E-state index in [9.17, 15) is 0 Å². The Morgan fingerprint density at radius 2 is 2.00 bits per heavy atom. The fraction of sp³-hybridized carbons (Fsp3) is 0.500. The fourth-order valence-electron chi connectivity index (χ4n) is 2.81. The van der Waals surface area contributed by atoms with E-state index < -0.39 is 0 Å². The van der Waals surface area contributed by atoms with Gasteiger partial charge in [0.25, 0.3) is 0 Å². The summed E-state index contributed by atoms with van der Waals surface area (Å²) in [5, 5.41) is 0. The number of hydrogen-bond donors (Lipinski definition) is 0. The number of likely N-dealkylation sites (tertiary alicyclic amines) is 1. The van der Waals surface area contributed by atoms with Crippen molar-refractivity contribution in [3.05, 3.63) is 36.3 Å². The lowest BCUT2D eigenvalue weighted by Gasteiger charge is -2.30. The third-order valence-electron chi connectivity index (χ3n) is 3.77. The van der Waals surface area contributed by atoms with Crippen LogP contribution in [0.15, 0.2) is 24.8 Å². The Morgan fingerprint density at radius 3 is 2.74 bits per heavy atom. The summed E-state index contributed by atoms with van der Waals surface area (Å²) in [7, 11) is 2.17. The number of nitrogens with zero attached hydrogens (tertiary/aromatic N) is 5. The van der Waals surface area contributed by atoms with Crippen LogP contribution in [0.25, 0.3) is 5.82 Å². The van der Waals surface area contributed by atoms with E-state index in [1.165, 1.54) is 19.4 Å². The van der Waals surface area contributed by atoms with Crippen LogP contribution in [-0.2, 0) is 0 Å². The van der Waals surface area contributed by atoms with Gasteiger partial charge in [-0.3, -0.25) is 9.55 Å². The molecule has 2 aromatic heterocycles. The molecule has 1 aliphatic rings. The topological polar surface area (TPSA) is 46.8 Å². The molecule has 2 aromatic rings. The normalized spacial score (nSPS) is 20.6. The second-order valence-electron chi connectivity index (χ2n) is 5.21. The molecule has 0 aliphatic carbocycles. The summed E-state index contributed by atoms with van der Waals surface area (Å²) in [5.41, 5.74) is 1.09. The van der Waals surface area contributed by atoms with Crippen molar-refractivity contribution in [1.29, 1.82) is 0 Å². The molecule has 0 N–H and O–H groups in total. The highest BCUT2D eigenvalue weighted by Gasteiger charge is 2.24. The zero-order chi connectivity index (χ0) is 13.2. The first-order valence-electron chi connectivity index (χ1n) is 6.75. The molecule has 5 nitrogen and oxygen atoms in total. The van der Waals surface area contributed by atoms with E-state index in [2.05, 4.69) is 26.9 Å². The van der Waals surface area contributed by atoms with Gasteiger partial charge >= 0.3 is 0 Å². The van der Waals surface area contributed by atoms with Crippen LogP contribution in [-0.4, -0.2) is 44.6 Å². The Balaban J connectivity index is 2.00. The van der Waals surface area contributed by atoms with Crippen LogP contribution < -0.4 is 0 Å². The van der Waals surface area contributed by atoms with Crippen molar-refractivity contribution in [2.75, 3.05) is 20.1 Å². The van der Waals surface area contributed by atoms with E-state index in [4.69, 9.17) is 0 Å². The molecular formula is C14H19N5. The van der Waals surface area contributed by atoms with Crippen LogP contribution in [0, 0.1) is 6.92 Å². The first kappa shape index (κ1) is 12.3. The van der Waals surface area contributed by atoms with Crippen molar-refractivity contribution in [3.8, 4) is 5.82 Å². The third-order valence-corrected chi connectivity index (χ3v) is 3.77. The van der Waals surface area contributed by atoms with Crippen LogP contribution in [0.1, 0.15) is 30.3 Å². The van der Waals surface area contributed by atoms with Gasteiger partial charge in [0.15, 0.2) is 5.82 Å². The predicted octanol–water partition coefficient (Wildman–Crippen LogP) is 1.78. The quantitative estimate of drug-likeness (QED) is 0.822. The van der Waals surface area contributed by atoms with Gasteiger partial charge in [-0.25, -0.2) is 9.97 Å². The highest BCUT2D eigenvalue weighted by atomic mass is 15.1. The Hall–Kier alpha value is -1.75. The molecular weight excluding hydrogens is 238 g/mol. The van der Waals surface area contributed by atoms with E-state index >= 15 is 0 Å². The van der Waals surface area contributed by atoms with Crippen molar-refractivity contribution in [2.45, 2.75) is 25.7 Å². The molecule has 0 spiro atoms. The average molecular weight is 257 g/mol. The molecule has 5 heteroatoms. The van der Waals surface area contributed by atoms with Gasteiger partial charge in [0.05, 0.1) is 5.69 Å². The number of rotatable bonds is 2. The zero-order valence-electron chi connectivity index (χ0n) is 11.5. The molecule has 1 aliphatic heterocycles. The maximum absolute atomic E-state index is 4.60. The van der Waals surface area contributed by atoms with E-state index in [1.807, 2.05) is 17.7 Å². The van der Waals surface area contributed by atoms with E-state index in [1.54, 1.807) is 18.6 Å². The number of likely N-dealkylation sites (N-methyl/N-ethyl adjacent to an activating group) is 1. The van der Waals surface area contributed by atoms with Gasteiger partial charge in [0.1, 0.15) is 5.82 Å². The second kappa shape index (κ2) is 5.09. The largest absolute Gasteiger partial charge is 0.306 e. The molecule has 3 rings (SSSR count). The van der Waals surface area contributed by atoms with Gasteiger partial charge < -0.3 is 4.90 Å². The molecule has 3 heterocycles. The molecule has 1 saturated heterocycles. The van der Waals surface area contributed by atoms with Gasteiger partial charge in [-0.15, -0.1) is 0 Å². The molecule has 100 valence electrons. The van der Waals surface area contributed by atoms with Gasteiger partial charge in [0.2, 0.25) is 0 Å². The van der Waals surface area contributed by atoms with Gasteiger partial charge in [-0.2, -0.15) is 0 Å². The van der Waals surface area contributed by atoms with Gasteiger partial charge in [0, 0.05) is 37.3 Å². The SMILES string of the molecule is Cc1nccn1-c1nccnc1[C@@H]1CCCN(C)C1. The Morgan fingerprint density at radius 1 is 1.16 bits per heavy atom. The first-order valence-corrected chi connectivity index (χ1v) is 6.75. The standard InChI is InChI=1S/C14H19N5/c1-11-15-7-9-19(11)14-13(16-5-6-17-14)12-4-3-8-18(2)10-12/h5-7,9,12H,3-4,8,10H2,1-2H3/t12-/m1/s1. The average Bonchev–Trinajstić information content (AvgIpc) is 2.85. The van der Waals surface area contributed by atoms with E-state index in [-0.39, 0.29) is 0 Å². The van der Waals surface area contributed by atoms with E-state index in [0.717, 1.165) is 23.9 Å². The maximum Gasteiger partial charge on any atom is 0.160 e. The number of aryl methyl sites for hydroxylation is 1. The Bertz CT molecular complexity index is 562. The summed E-state index contributed by atoms with van der Waals surface area (Å²) in [6, 6.07) is 0. The Labute approximate surface area is 113 Å². The lowest BCUT2D eigenvalue weighted by molar-refractivity contribution is 0.248. The van der Waals surface area contributed by atoms with Crippen LogP contribution in [0.3, 0.4) is 0 Å². The third kappa shape index (κ3) is 2.38. The van der Waals surface area contributed by atoms with Crippen molar-refractivity contribution < 1.29 is 0 Å². The number of hydrogen-bond acceptors (Lipinski definition) is 4. The predicted molar refractivity (Wildman–Crippen MR) is 73.4 cm³/mol. The fourth-order valence-corrected chi connectivity index (χ4v) is 2.81. The molecule has 0 saturated carbocycles. The van der Waals surface area contributed by atoms with Gasteiger partial charge in [-0.1, -0.05) is 0 Å². The summed E-state index contributed by atoms with van der Waals surface area (Å²) in [5.74, 6) is 2.34. The summed E-state index contributed by atoms with van der Waals surface area (Å²) in [6.07, 6.45) is 9.71. The van der Waals surface area contributed by atoms with Crippen molar-refractivity contribution in [1.82, 2.24) is 24.4 Å². The van der Waals surface area contributed by atoms with Crippen LogP contribution >= 0.6 is 0 Å². The van der Waals surface area contributed by atoms with Crippen molar-refractivity contribution in [3.63, 3.8) is 0 Å². The van der Waals surface area contributed by atoms with Crippen LogP contribution in [0.2, 0.25) is 0 Å². The Kier molecular flexibility index (Phi) is 3.29. The molecule has 19 heavy (non-hydrogen) atoms. The zero-order valence-corrected chi connectivity index (χ0v) is 11.5. The van der Waals surface area contributed by atoms with Crippen molar-refractivity contribution >= 4 is 0 Å². The lowest BCUT2D eigenvalue weighted by atomic mass is 9.94. The molecule has 0 radical (unpaired) electrons. The number of piperidine rings is 1. The molecule has 0 aromatic carbocycles. The summed E-state index contributed by atoms with van der Waals surface area (Å²) in [4.78, 5) is 15.8. The summed E-state index contributed by atoms with van der Waals surface area (Å²) >= 11 is 0. The highest BCUT2D eigenvalue weighted by molar-refractivity contribution is 5.32. The maximum atomic E-state index is 4.60. The highest BCUT2D eigenvalue weighted by Crippen LogP contribution is 2.28. The molecule has 0 bridgehead atoms. The van der Waals surface area contributed by atoms with Crippen LogP contribution in [0.4, 0.5) is 0 Å². The first-order chi connectivity index (χ1) is 9.25. The lowest BCUT2D eigenvalue weighted by Crippen LogP contribution is -2.31. The summed E-state index contributed by atoms with van der Waals surface area (Å²) < 4.78 is 2.02. The molecule has 1 atom stereocenters. The monoisotopic (exact) mass is 257 g/mol. The number of aromatic nitrogens is 4. The van der Waals surface area contributed by atoms with Crippen LogP contribution in [0.5, 0.6) is 0 Å². The smallest absolute Gasteiger partial charge is 0.160 e. The number of imidazole rings is 1.